The van der Waals surface area contributed by atoms with Crippen LogP contribution in [0.25, 0.3) is 0 Å². The normalized spacial score (nSPS) is 14.6. The molecule has 0 aromatic carbocycles. The lowest BCUT2D eigenvalue weighted by Crippen LogP contribution is -2.62. The van der Waals surface area contributed by atoms with Gasteiger partial charge in [0.15, 0.2) is 29.8 Å². The van der Waals surface area contributed by atoms with E-state index in [0.717, 1.165) is 0 Å². The van der Waals surface area contributed by atoms with Crippen molar-refractivity contribution in [3.05, 3.63) is 0 Å². The number of nitrogens with two attached hydrogens (primary N) is 11. The highest BCUT2D eigenvalue weighted by Gasteiger charge is 2.39. The molecule has 0 aromatic heterocycles. The van der Waals surface area contributed by atoms with Gasteiger partial charge >= 0.3 is 5.97 Å². The van der Waals surface area contributed by atoms with Gasteiger partial charge in [0.05, 0.1) is 6.04 Å². The standard InChI is InChI=1S/C60H116N26O12/c1-28(2)39(61)49(91)84-40(29(3)4)50(92)80-37(21-16-26-75-59(68)69)48(90)83-44(33(11)12)54(96)85-41(30(5)6)51(93)78-34(18-13-23-72-56(62)63)45(87)77-36(20-15-25-74-58(66)67)47(89)82-43(32(9)10)53(95)86-42(31(7)8)52(94)79-35(19-14-24-73-57(64)65)46(88)81-38(55(97)98)22-17-27-76-60(70)71/h28-44H,13-27,61H2,1-12H3,(H,77,87)(H,78,93)(H,79,94)(H,80,92)(H,81,88)(H,82,89)(H,83,90)(H,84,91)(H,85,96)(H,86,95)(H,97,98)(H4,62,63,72)(H4,64,65,73)(H4,66,67,74)(H4,68,69,75)(H4,70,71,76)/t34-,35-,36-,37-,38-,39-,40-,41-,42-,43-,44-/m0/s1. The largest absolute Gasteiger partial charge is 0.480 e. The molecule has 0 aliphatic carbocycles. The first kappa shape index (κ1) is 88.5. The van der Waals surface area contributed by atoms with Crippen LogP contribution < -0.4 is 116 Å². The number of carbonyl (C=O) groups excluding carboxylic acids is 10. The zero-order chi connectivity index (χ0) is 75.3. The minimum atomic E-state index is -1.46. The molecule has 0 saturated heterocycles. The molecular weight excluding hydrogens is 1280 g/mol. The second-order valence-electron chi connectivity index (χ2n) is 25.8. The SMILES string of the molecule is CC(C)[C@H](N)C(=O)N[C@H](C(=O)N[C@@H](CCCN=C(N)N)C(=O)N[C@H](C(=O)N[C@H](C(=O)N[C@@H](CCCN=C(N)N)C(=O)N[C@@H](CCCN=C(N)N)C(=O)N[C@H](C(=O)N[C@H](C(=O)N[C@@H](CCCN=C(N)N)C(=O)N[C@@H](CCCN=C(N)N)C(=O)O)C(C)C)C(C)C)C(C)C)C(C)C)C(C)C. The number of hydrogen-bond acceptors (Lipinski definition) is 17. The van der Waals surface area contributed by atoms with Crippen molar-refractivity contribution in [2.24, 2.45) is 124 Å². The Balaban J connectivity index is 7.20. The molecule has 0 aliphatic rings. The van der Waals surface area contributed by atoms with Gasteiger partial charge in [-0.2, -0.15) is 0 Å². The summed E-state index contributed by atoms with van der Waals surface area (Å²) in [5.74, 6) is -14.0. The Bertz CT molecular complexity index is 2760. The van der Waals surface area contributed by atoms with Crippen LogP contribution in [-0.4, -0.2) is 199 Å². The van der Waals surface area contributed by atoms with E-state index in [4.69, 9.17) is 63.1 Å². The van der Waals surface area contributed by atoms with Gasteiger partial charge in [-0.05, 0) is 99.7 Å². The molecule has 0 aromatic rings. The third-order valence-electron chi connectivity index (χ3n) is 15.1. The molecule has 0 aliphatic heterocycles. The highest BCUT2D eigenvalue weighted by Crippen LogP contribution is 2.15. The molecular formula is C60H116N26O12. The lowest BCUT2D eigenvalue weighted by atomic mass is 9.98. The predicted molar refractivity (Wildman–Crippen MR) is 374 cm³/mol. The molecule has 38 nitrogen and oxygen atoms in total. The number of nitrogens with zero attached hydrogens (tertiary/aromatic N) is 5. The minimum Gasteiger partial charge on any atom is -0.480 e. The van der Waals surface area contributed by atoms with E-state index in [0.29, 0.717) is 0 Å². The van der Waals surface area contributed by atoms with Gasteiger partial charge in [0, 0.05) is 32.7 Å². The van der Waals surface area contributed by atoms with Crippen LogP contribution in [0.1, 0.15) is 147 Å². The molecule has 0 saturated carbocycles. The van der Waals surface area contributed by atoms with Gasteiger partial charge in [0.1, 0.15) is 60.4 Å². The van der Waals surface area contributed by atoms with Crippen LogP contribution >= 0.6 is 0 Å². The highest BCUT2D eigenvalue weighted by molar-refractivity contribution is 5.99. The first-order chi connectivity index (χ1) is 45.6. The third kappa shape index (κ3) is 35.5. The molecule has 98 heavy (non-hydrogen) atoms. The van der Waals surface area contributed by atoms with Crippen LogP contribution in [0.5, 0.6) is 0 Å². The Hall–Kier alpha value is -9.52. The maximum absolute atomic E-state index is 14.6. The molecule has 38 heteroatoms. The molecule has 11 atom stereocenters. The summed E-state index contributed by atoms with van der Waals surface area (Å²) in [6, 6.07) is -14.5. The lowest BCUT2D eigenvalue weighted by Gasteiger charge is -2.31. The molecule has 0 fully saturated rings. The van der Waals surface area contributed by atoms with Crippen LogP contribution in [0.3, 0.4) is 0 Å². The van der Waals surface area contributed by atoms with E-state index in [1.54, 1.807) is 83.1 Å². The number of carbonyl (C=O) groups is 11. The van der Waals surface area contributed by atoms with Crippen molar-refractivity contribution in [1.82, 2.24) is 53.2 Å². The third-order valence-corrected chi connectivity index (χ3v) is 15.1. The van der Waals surface area contributed by atoms with Crippen LogP contribution in [0.2, 0.25) is 0 Å². The van der Waals surface area contributed by atoms with Gasteiger partial charge in [0.25, 0.3) is 0 Å². The number of aliphatic imine (C=N–C) groups is 5. The van der Waals surface area contributed by atoms with E-state index < -0.39 is 161 Å². The van der Waals surface area contributed by atoms with Gasteiger partial charge in [-0.25, -0.2) is 4.79 Å². The Labute approximate surface area is 574 Å². The summed E-state index contributed by atoms with van der Waals surface area (Å²) in [5, 5.41) is 36.5. The Morgan fingerprint density at radius 3 is 0.643 bits per heavy atom. The van der Waals surface area contributed by atoms with Crippen LogP contribution in [0, 0.1) is 35.5 Å². The zero-order valence-electron chi connectivity index (χ0n) is 58.9. The number of aliphatic carboxylic acids is 1. The maximum Gasteiger partial charge on any atom is 0.326 e. The van der Waals surface area contributed by atoms with E-state index in [9.17, 15) is 57.8 Å². The van der Waals surface area contributed by atoms with Crippen molar-refractivity contribution in [3.8, 4) is 0 Å². The summed E-state index contributed by atoms with van der Waals surface area (Å²) in [6.07, 6.45) is 0.206. The van der Waals surface area contributed by atoms with Crippen molar-refractivity contribution < 1.29 is 57.8 Å². The van der Waals surface area contributed by atoms with E-state index in [1.807, 2.05) is 0 Å². The van der Waals surface area contributed by atoms with E-state index in [2.05, 4.69) is 78.1 Å². The van der Waals surface area contributed by atoms with Crippen LogP contribution in [0.15, 0.2) is 25.0 Å². The average Bonchev–Trinajstić information content (AvgIpc) is 0.916. The number of rotatable bonds is 47. The average molecular weight is 1390 g/mol. The van der Waals surface area contributed by atoms with E-state index in [1.165, 1.54) is 0 Å². The second-order valence-corrected chi connectivity index (χ2v) is 25.8. The second kappa shape index (κ2) is 45.8. The monoisotopic (exact) mass is 1390 g/mol. The number of hydrogen-bond donors (Lipinski definition) is 22. The molecule has 10 amide bonds. The summed E-state index contributed by atoms with van der Waals surface area (Å²) in [4.78, 5) is 173. The predicted octanol–water partition coefficient (Wildman–Crippen LogP) is -6.55. The van der Waals surface area contributed by atoms with Crippen molar-refractivity contribution in [3.63, 3.8) is 0 Å². The molecule has 558 valence electrons. The fourth-order valence-electron chi connectivity index (χ4n) is 9.40. The zero-order valence-corrected chi connectivity index (χ0v) is 58.9. The topological polar surface area (TPSA) is 676 Å². The molecule has 0 spiro atoms. The van der Waals surface area contributed by atoms with E-state index >= 15 is 0 Å². The van der Waals surface area contributed by atoms with Gasteiger partial charge in [0.2, 0.25) is 59.1 Å². The minimum absolute atomic E-state index is 0.0127. The fraction of sp³-hybridized carbons (Fsp3) is 0.733. The summed E-state index contributed by atoms with van der Waals surface area (Å²) in [6.45, 7) is 20.0. The molecule has 0 heterocycles. The van der Waals surface area contributed by atoms with Crippen molar-refractivity contribution >= 4 is 94.8 Å². The number of carboxylic acids is 1. The number of guanidine groups is 5. The van der Waals surface area contributed by atoms with Crippen LogP contribution in [-0.2, 0) is 52.7 Å². The first-order valence-electron chi connectivity index (χ1n) is 32.9. The number of carboxylic acid groups (broad SMARTS) is 1. The number of nitrogens with one attached hydrogen (secondary N) is 10. The molecule has 0 radical (unpaired) electrons. The molecule has 0 rings (SSSR count). The molecule has 33 N–H and O–H groups in total. The fourth-order valence-corrected chi connectivity index (χ4v) is 9.40. The van der Waals surface area contributed by atoms with E-state index in [-0.39, 0.29) is 133 Å². The highest BCUT2D eigenvalue weighted by atomic mass is 16.4. The van der Waals surface area contributed by atoms with Gasteiger partial charge in [-0.15, -0.1) is 0 Å². The molecule has 0 unspecified atom stereocenters. The maximum atomic E-state index is 14.6. The lowest BCUT2D eigenvalue weighted by molar-refractivity contribution is -0.142. The Morgan fingerprint density at radius 2 is 0.439 bits per heavy atom. The summed E-state index contributed by atoms with van der Waals surface area (Å²) >= 11 is 0. The first-order valence-corrected chi connectivity index (χ1v) is 32.9. The van der Waals surface area contributed by atoms with Crippen molar-refractivity contribution in [1.29, 1.82) is 0 Å². The smallest absolute Gasteiger partial charge is 0.326 e. The number of amides is 10. The van der Waals surface area contributed by atoms with Gasteiger partial charge in [-0.3, -0.25) is 72.9 Å². The molecule has 0 bridgehead atoms. The van der Waals surface area contributed by atoms with Crippen molar-refractivity contribution in [2.75, 3.05) is 32.7 Å². The van der Waals surface area contributed by atoms with Gasteiger partial charge in [-0.1, -0.05) is 83.1 Å². The Morgan fingerprint density at radius 1 is 0.265 bits per heavy atom. The quantitative estimate of drug-likeness (QED) is 0.0153. The summed E-state index contributed by atoms with van der Waals surface area (Å²) in [7, 11) is 0. The Kier molecular flexibility index (Phi) is 41.4. The summed E-state index contributed by atoms with van der Waals surface area (Å²) < 4.78 is 0. The summed E-state index contributed by atoms with van der Waals surface area (Å²) in [5.41, 5.74) is 61.2. The van der Waals surface area contributed by atoms with Gasteiger partial charge < -0.3 is 121 Å². The van der Waals surface area contributed by atoms with Crippen molar-refractivity contribution in [2.45, 2.75) is 214 Å². The van der Waals surface area contributed by atoms with Crippen LogP contribution in [0.4, 0.5) is 0 Å².